The summed E-state index contributed by atoms with van der Waals surface area (Å²) in [6.07, 6.45) is 3.12. The lowest BCUT2D eigenvalue weighted by Gasteiger charge is -2.23. The van der Waals surface area contributed by atoms with Crippen molar-refractivity contribution in [3.05, 3.63) is 114 Å². The van der Waals surface area contributed by atoms with E-state index in [0.29, 0.717) is 18.1 Å². The van der Waals surface area contributed by atoms with E-state index in [4.69, 9.17) is 0 Å². The van der Waals surface area contributed by atoms with Gasteiger partial charge in [0.05, 0.1) is 12.1 Å². The van der Waals surface area contributed by atoms with Crippen molar-refractivity contribution in [2.24, 2.45) is 0 Å². The Kier molecular flexibility index (Phi) is 5.80. The first kappa shape index (κ1) is 19.3. The molecule has 1 heterocycles. The fraction of sp³-hybridized carbons (Fsp3) is 0.0800. The molecule has 5 nitrogen and oxygen atoms in total. The molecule has 4 aromatic rings. The molecule has 3 aromatic carbocycles. The lowest BCUT2D eigenvalue weighted by atomic mass is 10.1. The van der Waals surface area contributed by atoms with Crippen molar-refractivity contribution in [3.63, 3.8) is 0 Å². The maximum absolute atomic E-state index is 13.3. The van der Waals surface area contributed by atoms with Gasteiger partial charge in [0.25, 0.3) is 5.91 Å². The average molecular weight is 394 g/mol. The van der Waals surface area contributed by atoms with Gasteiger partial charge in [0.2, 0.25) is 5.95 Å². The topological polar surface area (TPSA) is 58.1 Å². The third-order valence-electron chi connectivity index (χ3n) is 4.70. The van der Waals surface area contributed by atoms with Crippen LogP contribution in [0.5, 0.6) is 0 Å². The first-order chi connectivity index (χ1) is 14.7. The SMILES string of the molecule is Cc1ccc(Nc2ncc(C(=O)N(Cc3ccccc3)c3ccccc3)cn2)cc1. The minimum atomic E-state index is -0.146. The highest BCUT2D eigenvalue weighted by molar-refractivity contribution is 6.05. The first-order valence-corrected chi connectivity index (χ1v) is 9.75. The number of amides is 1. The van der Waals surface area contributed by atoms with E-state index in [9.17, 15) is 4.79 Å². The van der Waals surface area contributed by atoms with Crippen LogP contribution < -0.4 is 10.2 Å². The molecule has 0 saturated heterocycles. The van der Waals surface area contributed by atoms with E-state index in [1.54, 1.807) is 17.3 Å². The van der Waals surface area contributed by atoms with Gasteiger partial charge in [0.1, 0.15) is 0 Å². The number of rotatable bonds is 6. The van der Waals surface area contributed by atoms with Gasteiger partial charge in [-0.25, -0.2) is 9.97 Å². The number of hydrogen-bond donors (Lipinski definition) is 1. The highest BCUT2D eigenvalue weighted by Gasteiger charge is 2.19. The number of aryl methyl sites for hydroxylation is 1. The van der Waals surface area contributed by atoms with Crippen molar-refractivity contribution >= 4 is 23.2 Å². The number of anilines is 3. The van der Waals surface area contributed by atoms with E-state index in [0.717, 1.165) is 16.9 Å². The van der Waals surface area contributed by atoms with Gasteiger partial charge in [-0.2, -0.15) is 0 Å². The molecule has 1 N–H and O–H groups in total. The minimum Gasteiger partial charge on any atom is -0.324 e. The molecule has 0 radical (unpaired) electrons. The Labute approximate surface area is 176 Å². The quantitative estimate of drug-likeness (QED) is 0.477. The molecule has 0 saturated carbocycles. The molecular weight excluding hydrogens is 372 g/mol. The molecule has 0 fully saturated rings. The van der Waals surface area contributed by atoms with Crippen molar-refractivity contribution in [2.45, 2.75) is 13.5 Å². The molecule has 0 bridgehead atoms. The summed E-state index contributed by atoms with van der Waals surface area (Å²) in [6.45, 7) is 2.50. The van der Waals surface area contributed by atoms with E-state index in [2.05, 4.69) is 15.3 Å². The van der Waals surface area contributed by atoms with Crippen molar-refractivity contribution < 1.29 is 4.79 Å². The molecule has 30 heavy (non-hydrogen) atoms. The number of nitrogens with one attached hydrogen (secondary N) is 1. The van der Waals surface area contributed by atoms with Gasteiger partial charge in [-0.15, -0.1) is 0 Å². The van der Waals surface area contributed by atoms with Crippen LogP contribution in [0.3, 0.4) is 0 Å². The van der Waals surface area contributed by atoms with E-state index >= 15 is 0 Å². The Hall–Kier alpha value is -3.99. The lowest BCUT2D eigenvalue weighted by Crippen LogP contribution is -2.30. The molecule has 0 atom stereocenters. The zero-order chi connectivity index (χ0) is 20.8. The van der Waals surface area contributed by atoms with Crippen LogP contribution in [-0.4, -0.2) is 15.9 Å². The predicted octanol–water partition coefficient (Wildman–Crippen LogP) is 5.38. The molecule has 4 rings (SSSR count). The summed E-state index contributed by atoms with van der Waals surface area (Å²) >= 11 is 0. The summed E-state index contributed by atoms with van der Waals surface area (Å²) in [5, 5.41) is 3.15. The van der Waals surface area contributed by atoms with E-state index < -0.39 is 0 Å². The second-order valence-electron chi connectivity index (χ2n) is 7.00. The lowest BCUT2D eigenvalue weighted by molar-refractivity contribution is 0.0984. The summed E-state index contributed by atoms with van der Waals surface area (Å²) in [6, 6.07) is 27.5. The number of carbonyl (C=O) groups excluding carboxylic acids is 1. The van der Waals surface area contributed by atoms with Gasteiger partial charge in [0.15, 0.2) is 0 Å². The Morgan fingerprint density at radius 2 is 1.43 bits per heavy atom. The fourth-order valence-corrected chi connectivity index (χ4v) is 3.08. The summed E-state index contributed by atoms with van der Waals surface area (Å²) in [5.41, 5.74) is 4.39. The van der Waals surface area contributed by atoms with Gasteiger partial charge in [-0.3, -0.25) is 4.79 Å². The van der Waals surface area contributed by atoms with Crippen LogP contribution >= 0.6 is 0 Å². The van der Waals surface area contributed by atoms with Gasteiger partial charge in [0, 0.05) is 23.8 Å². The van der Waals surface area contributed by atoms with Crippen molar-refractivity contribution in [3.8, 4) is 0 Å². The maximum Gasteiger partial charge on any atom is 0.261 e. The minimum absolute atomic E-state index is 0.146. The zero-order valence-corrected chi connectivity index (χ0v) is 16.7. The highest BCUT2D eigenvalue weighted by atomic mass is 16.2. The van der Waals surface area contributed by atoms with Gasteiger partial charge >= 0.3 is 0 Å². The molecule has 1 aromatic heterocycles. The third kappa shape index (κ3) is 4.70. The van der Waals surface area contributed by atoms with Gasteiger partial charge in [-0.05, 0) is 36.8 Å². The smallest absolute Gasteiger partial charge is 0.261 e. The molecule has 148 valence electrons. The fourth-order valence-electron chi connectivity index (χ4n) is 3.08. The Bertz CT molecular complexity index is 1100. The highest BCUT2D eigenvalue weighted by Crippen LogP contribution is 2.20. The largest absolute Gasteiger partial charge is 0.324 e. The van der Waals surface area contributed by atoms with Gasteiger partial charge in [-0.1, -0.05) is 66.2 Å². The number of benzene rings is 3. The van der Waals surface area contributed by atoms with Crippen LogP contribution in [0.2, 0.25) is 0 Å². The van der Waals surface area contributed by atoms with Crippen LogP contribution in [0.25, 0.3) is 0 Å². The molecule has 0 spiro atoms. The molecule has 0 unspecified atom stereocenters. The molecular formula is C25H22N4O. The number of hydrogen-bond acceptors (Lipinski definition) is 4. The molecule has 0 aliphatic rings. The van der Waals surface area contributed by atoms with Crippen LogP contribution in [-0.2, 0) is 6.54 Å². The Morgan fingerprint density at radius 1 is 0.833 bits per heavy atom. The summed E-state index contributed by atoms with van der Waals surface area (Å²) < 4.78 is 0. The van der Waals surface area contributed by atoms with Crippen LogP contribution in [0.15, 0.2) is 97.3 Å². The Balaban J connectivity index is 1.55. The standard InChI is InChI=1S/C25H22N4O/c1-19-12-14-22(15-13-19)28-25-26-16-21(17-27-25)24(30)29(23-10-6-3-7-11-23)18-20-8-4-2-5-9-20/h2-17H,18H2,1H3,(H,26,27,28). The van der Waals surface area contributed by atoms with Crippen LogP contribution in [0, 0.1) is 6.92 Å². The summed E-state index contributed by atoms with van der Waals surface area (Å²) in [4.78, 5) is 23.7. The van der Waals surface area contributed by atoms with Gasteiger partial charge < -0.3 is 10.2 Å². The average Bonchev–Trinajstić information content (AvgIpc) is 2.80. The normalized spacial score (nSPS) is 10.4. The first-order valence-electron chi connectivity index (χ1n) is 9.75. The number of carbonyl (C=O) groups is 1. The molecule has 0 aliphatic heterocycles. The maximum atomic E-state index is 13.3. The van der Waals surface area contributed by atoms with Crippen LogP contribution in [0.1, 0.15) is 21.5 Å². The second-order valence-corrected chi connectivity index (χ2v) is 7.00. The number of aromatic nitrogens is 2. The van der Waals surface area contributed by atoms with E-state index in [1.165, 1.54) is 5.56 Å². The number of para-hydroxylation sites is 1. The summed E-state index contributed by atoms with van der Waals surface area (Å²) in [5.74, 6) is 0.302. The number of nitrogens with zero attached hydrogens (tertiary/aromatic N) is 3. The van der Waals surface area contributed by atoms with E-state index in [1.807, 2.05) is 91.9 Å². The van der Waals surface area contributed by atoms with Crippen molar-refractivity contribution in [1.82, 2.24) is 9.97 Å². The predicted molar refractivity (Wildman–Crippen MR) is 120 cm³/mol. The van der Waals surface area contributed by atoms with Crippen molar-refractivity contribution in [1.29, 1.82) is 0 Å². The molecule has 5 heteroatoms. The second kappa shape index (κ2) is 9.01. The van der Waals surface area contributed by atoms with Crippen molar-refractivity contribution in [2.75, 3.05) is 10.2 Å². The molecule has 0 aliphatic carbocycles. The molecule has 1 amide bonds. The van der Waals surface area contributed by atoms with Crippen LogP contribution in [0.4, 0.5) is 17.3 Å². The monoisotopic (exact) mass is 394 g/mol. The summed E-state index contributed by atoms with van der Waals surface area (Å²) in [7, 11) is 0. The Morgan fingerprint density at radius 3 is 2.07 bits per heavy atom. The zero-order valence-electron chi connectivity index (χ0n) is 16.7. The van der Waals surface area contributed by atoms with E-state index in [-0.39, 0.29) is 5.91 Å². The third-order valence-corrected chi connectivity index (χ3v) is 4.70.